The Morgan fingerprint density at radius 2 is 1.47 bits per heavy atom. The molecule has 0 aliphatic carbocycles. The summed E-state index contributed by atoms with van der Waals surface area (Å²) in [6.45, 7) is 14.8. The van der Waals surface area contributed by atoms with Crippen LogP contribution in [-0.2, 0) is 9.84 Å². The minimum absolute atomic E-state index is 0.0666. The fourth-order valence-electron chi connectivity index (χ4n) is 1.54. The lowest BCUT2D eigenvalue weighted by atomic mass is 9.83. The first-order chi connectivity index (χ1) is 7.33. The van der Waals surface area contributed by atoms with Crippen molar-refractivity contribution >= 4 is 9.84 Å². The molecule has 0 aliphatic rings. The third-order valence-corrected chi connectivity index (χ3v) is 5.28. The molecule has 0 saturated carbocycles. The molecule has 0 unspecified atom stereocenters. The Bertz CT molecular complexity index is 315. The molecular weight excluding hydrogens is 232 g/mol. The van der Waals surface area contributed by atoms with E-state index in [0.29, 0.717) is 11.5 Å². The van der Waals surface area contributed by atoms with Crippen molar-refractivity contribution in [1.29, 1.82) is 0 Å². The van der Waals surface area contributed by atoms with E-state index in [1.54, 1.807) is 0 Å². The Labute approximate surface area is 108 Å². The molecule has 0 spiro atoms. The van der Waals surface area contributed by atoms with E-state index < -0.39 is 9.84 Å². The van der Waals surface area contributed by atoms with Gasteiger partial charge in [-0.3, -0.25) is 0 Å². The van der Waals surface area contributed by atoms with E-state index in [0.717, 1.165) is 12.8 Å². The van der Waals surface area contributed by atoms with Crippen LogP contribution in [-0.4, -0.2) is 19.9 Å². The van der Waals surface area contributed by atoms with E-state index in [9.17, 15) is 8.42 Å². The second-order valence-corrected chi connectivity index (χ2v) is 9.77. The van der Waals surface area contributed by atoms with Gasteiger partial charge >= 0.3 is 0 Å². The first-order valence-electron chi connectivity index (χ1n) is 6.54. The van der Waals surface area contributed by atoms with E-state index in [1.807, 2.05) is 6.92 Å². The van der Waals surface area contributed by atoms with Crippen molar-refractivity contribution in [3.63, 3.8) is 0 Å². The summed E-state index contributed by atoms with van der Waals surface area (Å²) in [5, 5.41) is 0. The number of hydrogen-bond donors (Lipinski definition) is 0. The highest BCUT2D eigenvalue weighted by atomic mass is 32.2. The fourth-order valence-corrected chi connectivity index (χ4v) is 3.55. The molecule has 2 nitrogen and oxygen atoms in total. The average molecular weight is 262 g/mol. The SMILES string of the molecule is C[C@@H](CS(=O)(=O)CCCC(C)(C)C)C(C)(C)C. The largest absolute Gasteiger partial charge is 0.229 e. The van der Waals surface area contributed by atoms with Crippen molar-refractivity contribution < 1.29 is 8.42 Å². The first kappa shape index (κ1) is 16.9. The molecule has 0 aliphatic heterocycles. The van der Waals surface area contributed by atoms with E-state index in [1.165, 1.54) is 0 Å². The molecule has 0 heterocycles. The van der Waals surface area contributed by atoms with Gasteiger partial charge in [-0.1, -0.05) is 48.5 Å². The van der Waals surface area contributed by atoms with Crippen molar-refractivity contribution in [3.8, 4) is 0 Å². The first-order valence-corrected chi connectivity index (χ1v) is 8.36. The van der Waals surface area contributed by atoms with Crippen LogP contribution in [0.3, 0.4) is 0 Å². The predicted molar refractivity (Wildman–Crippen MR) is 76.0 cm³/mol. The van der Waals surface area contributed by atoms with Crippen molar-refractivity contribution in [3.05, 3.63) is 0 Å². The van der Waals surface area contributed by atoms with Gasteiger partial charge in [-0.05, 0) is 29.6 Å². The van der Waals surface area contributed by atoms with Crippen LogP contribution in [0.1, 0.15) is 61.3 Å². The normalized spacial score (nSPS) is 15.9. The molecule has 104 valence electrons. The monoisotopic (exact) mass is 262 g/mol. The average Bonchev–Trinajstić information content (AvgIpc) is 1.97. The summed E-state index contributed by atoms with van der Waals surface area (Å²) in [5.41, 5.74) is 0.294. The smallest absolute Gasteiger partial charge is 0.150 e. The molecule has 1 atom stereocenters. The number of hydrogen-bond acceptors (Lipinski definition) is 2. The standard InChI is InChI=1S/C14H30O2S/c1-12(14(5,6)7)11-17(15,16)10-8-9-13(2,3)4/h12H,8-11H2,1-7H3/t12-/m0/s1. The van der Waals surface area contributed by atoms with Crippen LogP contribution in [0, 0.1) is 16.7 Å². The molecule has 0 amide bonds. The summed E-state index contributed by atoms with van der Waals surface area (Å²) >= 11 is 0. The van der Waals surface area contributed by atoms with Gasteiger partial charge in [0.1, 0.15) is 0 Å². The Hall–Kier alpha value is -0.0500. The zero-order valence-electron chi connectivity index (χ0n) is 12.6. The van der Waals surface area contributed by atoms with Crippen molar-refractivity contribution in [2.45, 2.75) is 61.3 Å². The Balaban J connectivity index is 4.23. The zero-order valence-corrected chi connectivity index (χ0v) is 13.4. The van der Waals surface area contributed by atoms with Crippen LogP contribution in [0.4, 0.5) is 0 Å². The summed E-state index contributed by atoms with van der Waals surface area (Å²) in [5.74, 6) is 0.868. The summed E-state index contributed by atoms with van der Waals surface area (Å²) in [4.78, 5) is 0. The maximum absolute atomic E-state index is 12.0. The topological polar surface area (TPSA) is 34.1 Å². The zero-order chi connectivity index (χ0) is 13.9. The van der Waals surface area contributed by atoms with Crippen LogP contribution in [0.15, 0.2) is 0 Å². The highest BCUT2D eigenvalue weighted by molar-refractivity contribution is 7.91. The van der Waals surface area contributed by atoms with E-state index in [-0.39, 0.29) is 16.7 Å². The van der Waals surface area contributed by atoms with Gasteiger partial charge in [-0.25, -0.2) is 8.42 Å². The quantitative estimate of drug-likeness (QED) is 0.753. The highest BCUT2D eigenvalue weighted by Crippen LogP contribution is 2.27. The van der Waals surface area contributed by atoms with Gasteiger partial charge in [-0.15, -0.1) is 0 Å². The molecule has 3 heteroatoms. The molecule has 0 aromatic carbocycles. The van der Waals surface area contributed by atoms with Crippen LogP contribution in [0.2, 0.25) is 0 Å². The van der Waals surface area contributed by atoms with Crippen molar-refractivity contribution in [2.24, 2.45) is 16.7 Å². The molecule has 0 fully saturated rings. The van der Waals surface area contributed by atoms with Gasteiger partial charge in [0.15, 0.2) is 9.84 Å². The molecular formula is C14H30O2S. The van der Waals surface area contributed by atoms with E-state index >= 15 is 0 Å². The van der Waals surface area contributed by atoms with Gasteiger partial charge in [-0.2, -0.15) is 0 Å². The van der Waals surface area contributed by atoms with Crippen LogP contribution < -0.4 is 0 Å². The fraction of sp³-hybridized carbons (Fsp3) is 1.00. The minimum Gasteiger partial charge on any atom is -0.229 e. The molecule has 0 bridgehead atoms. The van der Waals surface area contributed by atoms with Gasteiger partial charge in [0.2, 0.25) is 0 Å². The minimum atomic E-state index is -2.89. The number of sulfone groups is 1. The number of rotatable bonds is 5. The van der Waals surface area contributed by atoms with Crippen molar-refractivity contribution in [2.75, 3.05) is 11.5 Å². The van der Waals surface area contributed by atoms with Gasteiger partial charge in [0.05, 0.1) is 11.5 Å². The highest BCUT2D eigenvalue weighted by Gasteiger charge is 2.25. The summed E-state index contributed by atoms with van der Waals surface area (Å²) in [6.07, 6.45) is 1.75. The third-order valence-electron chi connectivity index (χ3n) is 3.36. The third kappa shape index (κ3) is 8.64. The van der Waals surface area contributed by atoms with Gasteiger partial charge < -0.3 is 0 Å². The Morgan fingerprint density at radius 1 is 1.00 bits per heavy atom. The Morgan fingerprint density at radius 3 is 1.82 bits per heavy atom. The van der Waals surface area contributed by atoms with Crippen LogP contribution in [0.25, 0.3) is 0 Å². The molecule has 0 rings (SSSR count). The molecule has 17 heavy (non-hydrogen) atoms. The maximum atomic E-state index is 12.0. The Kier molecular flexibility index (Phi) is 5.71. The van der Waals surface area contributed by atoms with Crippen molar-refractivity contribution in [1.82, 2.24) is 0 Å². The summed E-state index contributed by atoms with van der Waals surface area (Å²) < 4.78 is 23.9. The van der Waals surface area contributed by atoms with Crippen LogP contribution in [0.5, 0.6) is 0 Å². The lowest BCUT2D eigenvalue weighted by Gasteiger charge is -2.27. The van der Waals surface area contributed by atoms with Crippen LogP contribution >= 0.6 is 0 Å². The molecule has 0 N–H and O–H groups in total. The second-order valence-electron chi connectivity index (χ2n) is 7.55. The molecule has 0 radical (unpaired) electrons. The molecule has 0 aromatic heterocycles. The maximum Gasteiger partial charge on any atom is 0.150 e. The van der Waals surface area contributed by atoms with Gasteiger partial charge in [0.25, 0.3) is 0 Å². The lowest BCUT2D eigenvalue weighted by molar-refractivity contribution is 0.285. The summed E-state index contributed by atoms with van der Waals surface area (Å²) in [6, 6.07) is 0. The molecule has 0 aromatic rings. The van der Waals surface area contributed by atoms with E-state index in [2.05, 4.69) is 41.5 Å². The summed E-state index contributed by atoms with van der Waals surface area (Å²) in [7, 11) is -2.89. The lowest BCUT2D eigenvalue weighted by Crippen LogP contribution is -2.27. The van der Waals surface area contributed by atoms with E-state index in [4.69, 9.17) is 0 Å². The van der Waals surface area contributed by atoms with Gasteiger partial charge in [0, 0.05) is 0 Å². The molecule has 0 saturated heterocycles. The predicted octanol–water partition coefficient (Wildman–Crippen LogP) is 3.91. The second kappa shape index (κ2) is 5.73.